The Hall–Kier alpha value is -4.58. The number of esters is 1. The second kappa shape index (κ2) is 9.92. The minimum Gasteiger partial charge on any atom is -0.452 e. The Morgan fingerprint density at radius 3 is 2.62 bits per heavy atom. The molecule has 1 N–H and O–H groups in total. The number of ether oxygens (including phenoxy) is 1. The van der Waals surface area contributed by atoms with E-state index in [9.17, 15) is 14.9 Å². The van der Waals surface area contributed by atoms with E-state index in [0.717, 1.165) is 16.8 Å². The van der Waals surface area contributed by atoms with Crippen LogP contribution < -0.4 is 5.32 Å². The molecular formula is C25H23N5O4. The van der Waals surface area contributed by atoms with Gasteiger partial charge in [0.25, 0.3) is 5.91 Å². The molecule has 172 valence electrons. The summed E-state index contributed by atoms with van der Waals surface area (Å²) >= 11 is 0. The zero-order chi connectivity index (χ0) is 24.1. The van der Waals surface area contributed by atoms with Crippen LogP contribution in [0.2, 0.25) is 0 Å². The molecule has 0 fully saturated rings. The zero-order valence-electron chi connectivity index (χ0n) is 18.8. The highest BCUT2D eigenvalue weighted by Crippen LogP contribution is 2.27. The molecule has 1 amide bonds. The molecule has 9 heteroatoms. The number of nitriles is 1. The van der Waals surface area contributed by atoms with Crippen molar-refractivity contribution in [2.75, 3.05) is 11.9 Å². The van der Waals surface area contributed by atoms with Gasteiger partial charge in [0.1, 0.15) is 17.6 Å². The van der Waals surface area contributed by atoms with Gasteiger partial charge in [0.05, 0.1) is 12.1 Å². The van der Waals surface area contributed by atoms with Crippen LogP contribution in [0.25, 0.3) is 0 Å². The number of anilines is 1. The first kappa shape index (κ1) is 22.6. The Balaban J connectivity index is 1.42. The quantitative estimate of drug-likeness (QED) is 0.404. The standard InChI is InChI=1S/C25H23N5O4/c1-17-18(2)30(14-19-7-4-3-5-8-19)24(21(17)13-26)28-23(31)16-33-25(32)22-10-9-20(34-22)15-29-12-6-11-27-29/h3-12H,14-16H2,1-2H3,(H,28,31). The van der Waals surface area contributed by atoms with Crippen molar-refractivity contribution in [3.63, 3.8) is 0 Å². The predicted octanol–water partition coefficient (Wildman–Crippen LogP) is 3.66. The molecule has 0 saturated carbocycles. The first-order chi connectivity index (χ1) is 16.5. The minimum atomic E-state index is -0.755. The van der Waals surface area contributed by atoms with Gasteiger partial charge in [-0.3, -0.25) is 9.48 Å². The van der Waals surface area contributed by atoms with Crippen molar-refractivity contribution in [1.29, 1.82) is 5.26 Å². The third kappa shape index (κ3) is 4.91. The van der Waals surface area contributed by atoms with Gasteiger partial charge in [0, 0.05) is 24.6 Å². The molecule has 0 bridgehead atoms. The van der Waals surface area contributed by atoms with E-state index in [1.165, 1.54) is 6.07 Å². The number of carbonyl (C=O) groups excluding carboxylic acids is 2. The Bertz CT molecular complexity index is 1340. The van der Waals surface area contributed by atoms with E-state index in [1.54, 1.807) is 29.2 Å². The number of hydrogen-bond acceptors (Lipinski definition) is 6. The largest absolute Gasteiger partial charge is 0.452 e. The lowest BCUT2D eigenvalue weighted by Crippen LogP contribution is -2.23. The van der Waals surface area contributed by atoms with Crippen LogP contribution in [0.1, 0.15) is 38.7 Å². The zero-order valence-corrected chi connectivity index (χ0v) is 18.8. The van der Waals surface area contributed by atoms with Crippen molar-refractivity contribution >= 4 is 17.7 Å². The summed E-state index contributed by atoms with van der Waals surface area (Å²) in [5.74, 6) is -0.411. The van der Waals surface area contributed by atoms with E-state index < -0.39 is 18.5 Å². The van der Waals surface area contributed by atoms with E-state index in [2.05, 4.69) is 16.5 Å². The average Bonchev–Trinajstić information content (AvgIpc) is 3.57. The van der Waals surface area contributed by atoms with Crippen LogP contribution in [0, 0.1) is 25.2 Å². The SMILES string of the molecule is Cc1c(C#N)c(NC(=O)COC(=O)c2ccc(Cn3cccn3)o2)n(Cc2ccccc2)c1C. The Morgan fingerprint density at radius 1 is 1.12 bits per heavy atom. The molecule has 1 aromatic carbocycles. The van der Waals surface area contributed by atoms with Gasteiger partial charge in [0.2, 0.25) is 5.76 Å². The maximum Gasteiger partial charge on any atom is 0.374 e. The number of aromatic nitrogens is 3. The van der Waals surface area contributed by atoms with Crippen molar-refractivity contribution < 1.29 is 18.7 Å². The number of nitrogens with zero attached hydrogens (tertiary/aromatic N) is 4. The van der Waals surface area contributed by atoms with Crippen LogP contribution in [-0.4, -0.2) is 32.8 Å². The van der Waals surface area contributed by atoms with Crippen LogP contribution in [0.15, 0.2) is 65.3 Å². The third-order valence-electron chi connectivity index (χ3n) is 5.46. The molecule has 0 radical (unpaired) electrons. The van der Waals surface area contributed by atoms with Gasteiger partial charge in [0.15, 0.2) is 6.61 Å². The highest BCUT2D eigenvalue weighted by atomic mass is 16.5. The Morgan fingerprint density at radius 2 is 1.91 bits per heavy atom. The van der Waals surface area contributed by atoms with Gasteiger partial charge >= 0.3 is 5.97 Å². The Labute approximate surface area is 196 Å². The normalized spacial score (nSPS) is 10.6. The van der Waals surface area contributed by atoms with Gasteiger partial charge in [-0.2, -0.15) is 10.4 Å². The summed E-state index contributed by atoms with van der Waals surface area (Å²) in [6.45, 7) is 4.06. The number of rotatable bonds is 8. The molecule has 3 heterocycles. The number of carbonyl (C=O) groups is 2. The topological polar surface area (TPSA) is 115 Å². The number of benzene rings is 1. The third-order valence-corrected chi connectivity index (χ3v) is 5.46. The first-order valence-corrected chi connectivity index (χ1v) is 10.6. The van der Waals surface area contributed by atoms with Gasteiger partial charge in [-0.25, -0.2) is 4.79 Å². The highest BCUT2D eigenvalue weighted by molar-refractivity contribution is 5.95. The molecule has 0 spiro atoms. The smallest absolute Gasteiger partial charge is 0.374 e. The van der Waals surface area contributed by atoms with Crippen LogP contribution >= 0.6 is 0 Å². The average molecular weight is 457 g/mol. The van der Waals surface area contributed by atoms with Crippen molar-refractivity contribution in [3.05, 3.63) is 94.8 Å². The molecule has 4 rings (SSSR count). The van der Waals surface area contributed by atoms with Crippen LogP contribution in [0.3, 0.4) is 0 Å². The Kier molecular flexibility index (Phi) is 6.59. The summed E-state index contributed by atoms with van der Waals surface area (Å²) in [4.78, 5) is 24.9. The number of nitrogens with one attached hydrogen (secondary N) is 1. The molecule has 3 aromatic heterocycles. The van der Waals surface area contributed by atoms with Gasteiger partial charge < -0.3 is 19.0 Å². The molecule has 0 aliphatic carbocycles. The monoisotopic (exact) mass is 457 g/mol. The lowest BCUT2D eigenvalue weighted by atomic mass is 10.2. The molecule has 9 nitrogen and oxygen atoms in total. The van der Waals surface area contributed by atoms with Gasteiger partial charge in [-0.15, -0.1) is 0 Å². The van der Waals surface area contributed by atoms with Crippen molar-refractivity contribution in [2.24, 2.45) is 0 Å². The molecule has 0 unspecified atom stereocenters. The van der Waals surface area contributed by atoms with E-state index in [4.69, 9.17) is 9.15 Å². The summed E-state index contributed by atoms with van der Waals surface area (Å²) in [5, 5.41) is 16.5. The summed E-state index contributed by atoms with van der Waals surface area (Å²) in [5.41, 5.74) is 3.05. The molecule has 0 aliphatic heterocycles. The van der Waals surface area contributed by atoms with E-state index in [-0.39, 0.29) is 5.76 Å². The second-order valence-corrected chi connectivity index (χ2v) is 7.71. The van der Waals surface area contributed by atoms with E-state index >= 15 is 0 Å². The second-order valence-electron chi connectivity index (χ2n) is 7.71. The highest BCUT2D eigenvalue weighted by Gasteiger charge is 2.21. The van der Waals surface area contributed by atoms with E-state index in [1.807, 2.05) is 48.7 Å². The maximum atomic E-state index is 12.6. The summed E-state index contributed by atoms with van der Waals surface area (Å²) in [6, 6.07) is 16.8. The van der Waals surface area contributed by atoms with Crippen LogP contribution in [0.4, 0.5) is 5.82 Å². The molecule has 34 heavy (non-hydrogen) atoms. The fourth-order valence-electron chi connectivity index (χ4n) is 3.59. The first-order valence-electron chi connectivity index (χ1n) is 10.6. The van der Waals surface area contributed by atoms with Gasteiger partial charge in [-0.1, -0.05) is 30.3 Å². The minimum absolute atomic E-state index is 0.00758. The molecule has 0 aliphatic rings. The summed E-state index contributed by atoms with van der Waals surface area (Å²) in [6.07, 6.45) is 3.42. The molecule has 0 saturated heterocycles. The summed E-state index contributed by atoms with van der Waals surface area (Å²) in [7, 11) is 0. The lowest BCUT2D eigenvalue weighted by Gasteiger charge is -2.13. The van der Waals surface area contributed by atoms with E-state index in [0.29, 0.717) is 30.2 Å². The fourth-order valence-corrected chi connectivity index (χ4v) is 3.59. The number of furan rings is 1. The van der Waals surface area contributed by atoms with Crippen LogP contribution in [-0.2, 0) is 22.6 Å². The maximum absolute atomic E-state index is 12.6. The molecular weight excluding hydrogens is 434 g/mol. The van der Waals surface area contributed by atoms with Crippen molar-refractivity contribution in [1.82, 2.24) is 14.3 Å². The number of amides is 1. The lowest BCUT2D eigenvalue weighted by molar-refractivity contribution is -0.119. The molecule has 0 atom stereocenters. The van der Waals surface area contributed by atoms with Gasteiger partial charge in [-0.05, 0) is 43.2 Å². The van der Waals surface area contributed by atoms with Crippen molar-refractivity contribution in [2.45, 2.75) is 26.9 Å². The predicted molar refractivity (Wildman–Crippen MR) is 123 cm³/mol. The number of hydrogen-bond donors (Lipinski definition) is 1. The fraction of sp³-hybridized carbons (Fsp3) is 0.200. The summed E-state index contributed by atoms with van der Waals surface area (Å²) < 4.78 is 14.1. The van der Waals surface area contributed by atoms with Crippen LogP contribution in [0.5, 0.6) is 0 Å². The molecule has 4 aromatic rings. The van der Waals surface area contributed by atoms with Crippen molar-refractivity contribution in [3.8, 4) is 6.07 Å².